The first-order valence-electron chi connectivity index (χ1n) is 5.41. The van der Waals surface area contributed by atoms with E-state index >= 15 is 0 Å². The van der Waals surface area contributed by atoms with E-state index in [9.17, 15) is 4.79 Å². The number of nitriles is 1. The number of ether oxygens (including phenoxy) is 2. The fourth-order valence-electron chi connectivity index (χ4n) is 1.35. The molecule has 0 heterocycles. The molecule has 0 saturated heterocycles. The van der Waals surface area contributed by atoms with Crippen molar-refractivity contribution in [3.8, 4) is 17.6 Å². The predicted molar refractivity (Wildman–Crippen MR) is 77.9 cm³/mol. The van der Waals surface area contributed by atoms with Crippen molar-refractivity contribution in [2.24, 2.45) is 0 Å². The van der Waals surface area contributed by atoms with Crippen molar-refractivity contribution >= 4 is 35.1 Å². The first-order valence-corrected chi connectivity index (χ1v) is 6.29. The van der Waals surface area contributed by atoms with Crippen LogP contribution >= 0.6 is 23.0 Å². The fraction of sp³-hybridized carbons (Fsp3) is 0.231. The number of benzene rings is 1. The largest absolute Gasteiger partial charge is 0.493 e. The summed E-state index contributed by atoms with van der Waals surface area (Å²) in [4.78, 5) is 11.5. The maximum absolute atomic E-state index is 11.5. The van der Waals surface area contributed by atoms with Gasteiger partial charge in [-0.25, -0.2) is 4.79 Å². The van der Waals surface area contributed by atoms with Gasteiger partial charge in [-0.3, -0.25) is 0 Å². The Bertz CT molecular complexity index is 534. The fourth-order valence-corrected chi connectivity index (χ4v) is 1.71. The third-order valence-corrected chi connectivity index (χ3v) is 2.67. The van der Waals surface area contributed by atoms with Gasteiger partial charge in [-0.15, -0.1) is 0 Å². The van der Waals surface area contributed by atoms with Crippen molar-refractivity contribution in [2.75, 3.05) is 13.7 Å². The number of hydrogen-bond donors (Lipinski definition) is 0. The molecule has 1 aromatic rings. The Morgan fingerprint density at radius 2 is 2.21 bits per heavy atom. The lowest BCUT2D eigenvalue weighted by Crippen LogP contribution is -2.06. The molecule has 0 fully saturated rings. The van der Waals surface area contributed by atoms with Gasteiger partial charge in [0.1, 0.15) is 11.6 Å². The Labute approximate surface area is 125 Å². The first kappa shape index (κ1) is 15.3. The smallest absolute Gasteiger partial charge is 0.348 e. The summed E-state index contributed by atoms with van der Waals surface area (Å²) < 4.78 is 15.0. The molecule has 0 aliphatic heterocycles. The van der Waals surface area contributed by atoms with Gasteiger partial charge in [0.05, 0.1) is 13.7 Å². The number of methoxy groups -OCH3 is 1. The molecule has 0 atom stereocenters. The van der Waals surface area contributed by atoms with Gasteiger partial charge in [0.2, 0.25) is 0 Å². The van der Waals surface area contributed by atoms with E-state index in [4.69, 9.17) is 17.8 Å². The Morgan fingerprint density at radius 3 is 2.74 bits per heavy atom. The summed E-state index contributed by atoms with van der Waals surface area (Å²) in [6, 6.07) is 6.89. The standard InChI is InChI=1S/C13H12INO4/c1-3-18-13(16)10(8-15)6-9-4-5-11(19-14)12(7-9)17-2/h4-7H,3H2,1-2H3/b10-6+. The Kier molecular flexibility index (Phi) is 6.15. The van der Waals surface area contributed by atoms with E-state index in [1.54, 1.807) is 48.1 Å². The van der Waals surface area contributed by atoms with Crippen molar-refractivity contribution in [1.82, 2.24) is 0 Å². The number of esters is 1. The van der Waals surface area contributed by atoms with Crippen molar-refractivity contribution < 1.29 is 17.3 Å². The zero-order valence-corrected chi connectivity index (χ0v) is 12.6. The van der Waals surface area contributed by atoms with E-state index in [0.29, 0.717) is 17.1 Å². The summed E-state index contributed by atoms with van der Waals surface area (Å²) in [5.41, 5.74) is 0.589. The van der Waals surface area contributed by atoms with Crippen LogP contribution < -0.4 is 7.80 Å². The average molecular weight is 373 g/mol. The molecular weight excluding hydrogens is 361 g/mol. The van der Waals surface area contributed by atoms with Crippen molar-refractivity contribution in [3.63, 3.8) is 0 Å². The normalized spacial score (nSPS) is 10.5. The minimum atomic E-state index is -0.641. The quantitative estimate of drug-likeness (QED) is 0.344. The molecule has 0 spiro atoms. The van der Waals surface area contributed by atoms with Crippen LogP contribution in [0.15, 0.2) is 23.8 Å². The summed E-state index contributed by atoms with van der Waals surface area (Å²) in [6.07, 6.45) is 1.44. The highest BCUT2D eigenvalue weighted by Gasteiger charge is 2.11. The number of halogens is 1. The van der Waals surface area contributed by atoms with E-state index in [1.165, 1.54) is 13.2 Å². The summed E-state index contributed by atoms with van der Waals surface area (Å²) >= 11 is 1.75. The predicted octanol–water partition coefficient (Wildman–Crippen LogP) is 2.89. The van der Waals surface area contributed by atoms with Crippen LogP contribution in [0.3, 0.4) is 0 Å². The minimum Gasteiger partial charge on any atom is -0.493 e. The van der Waals surface area contributed by atoms with E-state index in [-0.39, 0.29) is 12.2 Å². The van der Waals surface area contributed by atoms with Crippen LogP contribution in [0, 0.1) is 11.3 Å². The van der Waals surface area contributed by atoms with Crippen LogP contribution in [0.25, 0.3) is 6.08 Å². The van der Waals surface area contributed by atoms with Gasteiger partial charge >= 0.3 is 5.97 Å². The van der Waals surface area contributed by atoms with Gasteiger partial charge < -0.3 is 12.5 Å². The second kappa shape index (κ2) is 7.63. The van der Waals surface area contributed by atoms with Crippen LogP contribution in [0.5, 0.6) is 11.5 Å². The lowest BCUT2D eigenvalue weighted by atomic mass is 10.1. The molecule has 0 aromatic heterocycles. The molecule has 19 heavy (non-hydrogen) atoms. The lowest BCUT2D eigenvalue weighted by Gasteiger charge is -2.06. The number of carbonyl (C=O) groups is 1. The summed E-state index contributed by atoms with van der Waals surface area (Å²) in [6.45, 7) is 1.91. The highest BCUT2D eigenvalue weighted by atomic mass is 127. The van der Waals surface area contributed by atoms with Crippen LogP contribution in [-0.4, -0.2) is 19.7 Å². The highest BCUT2D eigenvalue weighted by molar-refractivity contribution is 14.1. The van der Waals surface area contributed by atoms with Gasteiger partial charge in [0.15, 0.2) is 34.5 Å². The summed E-state index contributed by atoms with van der Waals surface area (Å²) in [5, 5.41) is 8.94. The number of hydrogen-bond acceptors (Lipinski definition) is 5. The molecule has 0 unspecified atom stereocenters. The maximum Gasteiger partial charge on any atom is 0.348 e. The molecule has 0 aliphatic rings. The molecule has 0 radical (unpaired) electrons. The lowest BCUT2D eigenvalue weighted by molar-refractivity contribution is -0.137. The monoisotopic (exact) mass is 373 g/mol. The SMILES string of the molecule is CCOC(=O)/C(C#N)=C/c1ccc(OI)c(OC)c1. The third kappa shape index (κ3) is 4.13. The van der Waals surface area contributed by atoms with Crippen LogP contribution in [0.4, 0.5) is 0 Å². The van der Waals surface area contributed by atoms with Gasteiger partial charge in [-0.05, 0) is 30.7 Å². The second-order valence-corrected chi connectivity index (χ2v) is 3.82. The van der Waals surface area contributed by atoms with E-state index < -0.39 is 5.97 Å². The first-order chi connectivity index (χ1) is 9.15. The topological polar surface area (TPSA) is 68.6 Å². The van der Waals surface area contributed by atoms with Crippen LogP contribution in [-0.2, 0) is 9.53 Å². The molecule has 0 saturated carbocycles. The van der Waals surface area contributed by atoms with Gasteiger partial charge in [-0.1, -0.05) is 6.07 Å². The summed E-state index contributed by atoms with van der Waals surface area (Å²) in [7, 11) is 1.51. The molecule has 5 nitrogen and oxygen atoms in total. The molecule has 1 rings (SSSR count). The van der Waals surface area contributed by atoms with Crippen molar-refractivity contribution in [2.45, 2.75) is 6.92 Å². The van der Waals surface area contributed by atoms with E-state index in [0.717, 1.165) is 0 Å². The van der Waals surface area contributed by atoms with Gasteiger partial charge in [0, 0.05) is 0 Å². The minimum absolute atomic E-state index is 0.0629. The van der Waals surface area contributed by atoms with Crippen LogP contribution in [0.2, 0.25) is 0 Å². The molecular formula is C13H12INO4. The average Bonchev–Trinajstić information content (AvgIpc) is 2.44. The van der Waals surface area contributed by atoms with Gasteiger partial charge in [0.25, 0.3) is 0 Å². The summed E-state index contributed by atoms with van der Waals surface area (Å²) in [5.74, 6) is 0.442. The zero-order chi connectivity index (χ0) is 14.3. The number of carbonyl (C=O) groups excluding carboxylic acids is 1. The molecule has 6 heteroatoms. The van der Waals surface area contributed by atoms with Gasteiger partial charge in [-0.2, -0.15) is 5.26 Å². The number of nitrogens with zero attached hydrogens (tertiary/aromatic N) is 1. The maximum atomic E-state index is 11.5. The van der Waals surface area contributed by atoms with Crippen LogP contribution in [0.1, 0.15) is 12.5 Å². The Hall–Kier alpha value is -1.75. The molecule has 100 valence electrons. The molecule has 0 amide bonds. The third-order valence-electron chi connectivity index (χ3n) is 2.20. The molecule has 1 aromatic carbocycles. The van der Waals surface area contributed by atoms with E-state index in [1.807, 2.05) is 6.07 Å². The van der Waals surface area contributed by atoms with E-state index in [2.05, 4.69) is 0 Å². The Balaban J connectivity index is 3.09. The van der Waals surface area contributed by atoms with Crippen molar-refractivity contribution in [3.05, 3.63) is 29.3 Å². The highest BCUT2D eigenvalue weighted by Crippen LogP contribution is 2.30. The Morgan fingerprint density at radius 1 is 1.47 bits per heavy atom. The second-order valence-electron chi connectivity index (χ2n) is 3.38. The number of rotatable bonds is 5. The van der Waals surface area contributed by atoms with Crippen molar-refractivity contribution in [1.29, 1.82) is 5.26 Å². The zero-order valence-electron chi connectivity index (χ0n) is 10.5. The molecule has 0 aliphatic carbocycles. The molecule has 0 bridgehead atoms. The molecule has 0 N–H and O–H groups in total.